The third kappa shape index (κ3) is 5.02. The number of aromatic nitrogens is 2. The maximum absolute atomic E-state index is 13.8. The first-order valence-corrected chi connectivity index (χ1v) is 9.58. The lowest BCUT2D eigenvalue weighted by Gasteiger charge is -2.23. The SMILES string of the molecule is Cl.O=C(NC(c1ccccc1)c1cccc(F)c1)c1ccn(C2CCCNC2)n1. The molecule has 1 aliphatic rings. The molecule has 7 heteroatoms. The molecule has 1 fully saturated rings. The molecule has 0 saturated carbocycles. The fourth-order valence-electron chi connectivity index (χ4n) is 3.62. The summed E-state index contributed by atoms with van der Waals surface area (Å²) in [5, 5.41) is 10.9. The van der Waals surface area contributed by atoms with E-state index in [0.29, 0.717) is 11.3 Å². The maximum Gasteiger partial charge on any atom is 0.272 e. The van der Waals surface area contributed by atoms with E-state index in [-0.39, 0.29) is 30.2 Å². The Morgan fingerprint density at radius 1 is 1.14 bits per heavy atom. The number of rotatable bonds is 5. The van der Waals surface area contributed by atoms with Crippen LogP contribution in [0.4, 0.5) is 4.39 Å². The summed E-state index contributed by atoms with van der Waals surface area (Å²) in [5.41, 5.74) is 1.94. The Balaban J connectivity index is 0.00000240. The van der Waals surface area contributed by atoms with Gasteiger partial charge in [0.1, 0.15) is 11.5 Å². The van der Waals surface area contributed by atoms with E-state index in [1.807, 2.05) is 47.3 Å². The van der Waals surface area contributed by atoms with Gasteiger partial charge in [-0.15, -0.1) is 12.4 Å². The van der Waals surface area contributed by atoms with E-state index < -0.39 is 6.04 Å². The Morgan fingerprint density at radius 2 is 1.93 bits per heavy atom. The Labute approximate surface area is 175 Å². The molecule has 2 aromatic carbocycles. The van der Waals surface area contributed by atoms with Gasteiger partial charge in [0.05, 0.1) is 12.1 Å². The molecule has 152 valence electrons. The summed E-state index contributed by atoms with van der Waals surface area (Å²) in [6.07, 6.45) is 4.00. The van der Waals surface area contributed by atoms with Gasteiger partial charge in [-0.1, -0.05) is 42.5 Å². The summed E-state index contributed by atoms with van der Waals surface area (Å²) in [5.74, 6) is -0.609. The largest absolute Gasteiger partial charge is 0.340 e. The summed E-state index contributed by atoms with van der Waals surface area (Å²) >= 11 is 0. The second-order valence-corrected chi connectivity index (χ2v) is 7.05. The van der Waals surface area contributed by atoms with Crippen molar-refractivity contribution < 1.29 is 9.18 Å². The minimum absolute atomic E-state index is 0. The topological polar surface area (TPSA) is 59.0 Å². The molecule has 1 saturated heterocycles. The standard InChI is InChI=1S/C22H23FN4O.ClH/c23-18-9-4-8-17(14-18)21(16-6-2-1-3-7-16)25-22(28)20-11-13-27(26-20)19-10-5-12-24-15-19;/h1-4,6-9,11,13-14,19,21,24H,5,10,12,15H2,(H,25,28);1H. The molecule has 2 atom stereocenters. The molecule has 4 rings (SSSR count). The summed E-state index contributed by atoms with van der Waals surface area (Å²) in [6, 6.07) is 17.4. The van der Waals surface area contributed by atoms with Crippen LogP contribution in [0.15, 0.2) is 66.9 Å². The second-order valence-electron chi connectivity index (χ2n) is 7.05. The molecule has 1 aromatic heterocycles. The van der Waals surface area contributed by atoms with Gasteiger partial charge < -0.3 is 10.6 Å². The Kier molecular flexibility index (Phi) is 7.01. The minimum Gasteiger partial charge on any atom is -0.340 e. The third-order valence-electron chi connectivity index (χ3n) is 5.08. The first kappa shape index (κ1) is 21.0. The fourth-order valence-corrected chi connectivity index (χ4v) is 3.62. The molecule has 0 aliphatic carbocycles. The minimum atomic E-state index is -0.453. The van der Waals surface area contributed by atoms with Crippen LogP contribution < -0.4 is 10.6 Å². The first-order valence-electron chi connectivity index (χ1n) is 9.58. The number of nitrogens with one attached hydrogen (secondary N) is 2. The van der Waals surface area contributed by atoms with Crippen LogP contribution in [-0.2, 0) is 0 Å². The number of piperidine rings is 1. The van der Waals surface area contributed by atoms with Gasteiger partial charge in [-0.3, -0.25) is 9.48 Å². The van der Waals surface area contributed by atoms with Gasteiger partial charge in [0.15, 0.2) is 0 Å². The normalized spacial score (nSPS) is 17.2. The van der Waals surface area contributed by atoms with Crippen LogP contribution in [0, 0.1) is 5.82 Å². The predicted octanol–water partition coefficient (Wildman–Crippen LogP) is 3.89. The molecule has 1 amide bonds. The zero-order chi connectivity index (χ0) is 19.3. The van der Waals surface area contributed by atoms with E-state index >= 15 is 0 Å². The Bertz CT molecular complexity index is 941. The lowest BCUT2D eigenvalue weighted by atomic mass is 9.98. The molecule has 2 heterocycles. The molecule has 1 aliphatic heterocycles. The number of halogens is 2. The van der Waals surface area contributed by atoms with Crippen molar-refractivity contribution in [1.82, 2.24) is 20.4 Å². The summed E-state index contributed by atoms with van der Waals surface area (Å²) < 4.78 is 15.6. The highest BCUT2D eigenvalue weighted by molar-refractivity contribution is 5.92. The predicted molar refractivity (Wildman–Crippen MR) is 113 cm³/mol. The molecule has 5 nitrogen and oxygen atoms in total. The number of amides is 1. The average molecular weight is 415 g/mol. The van der Waals surface area contributed by atoms with Gasteiger partial charge in [-0.2, -0.15) is 5.10 Å². The zero-order valence-corrected chi connectivity index (χ0v) is 16.7. The van der Waals surface area contributed by atoms with Crippen LogP contribution in [0.2, 0.25) is 0 Å². The number of hydrogen-bond donors (Lipinski definition) is 2. The molecule has 29 heavy (non-hydrogen) atoms. The summed E-state index contributed by atoms with van der Waals surface area (Å²) in [6.45, 7) is 1.89. The van der Waals surface area contributed by atoms with Crippen LogP contribution in [-0.4, -0.2) is 28.8 Å². The first-order chi connectivity index (χ1) is 13.7. The van der Waals surface area contributed by atoms with Crippen LogP contribution in [0.5, 0.6) is 0 Å². The molecule has 0 bridgehead atoms. The number of hydrogen-bond acceptors (Lipinski definition) is 3. The van der Waals surface area contributed by atoms with Crippen molar-refractivity contribution >= 4 is 18.3 Å². The van der Waals surface area contributed by atoms with Crippen LogP contribution in [0.1, 0.15) is 46.5 Å². The van der Waals surface area contributed by atoms with Crippen LogP contribution >= 0.6 is 12.4 Å². The highest BCUT2D eigenvalue weighted by atomic mass is 35.5. The highest BCUT2D eigenvalue weighted by Gasteiger charge is 2.21. The van der Waals surface area contributed by atoms with Crippen molar-refractivity contribution in [1.29, 1.82) is 0 Å². The fraction of sp³-hybridized carbons (Fsp3) is 0.273. The number of carbonyl (C=O) groups is 1. The smallest absolute Gasteiger partial charge is 0.272 e. The van der Waals surface area contributed by atoms with Gasteiger partial charge in [0, 0.05) is 12.7 Å². The molecular weight excluding hydrogens is 391 g/mol. The molecule has 0 spiro atoms. The average Bonchev–Trinajstić information content (AvgIpc) is 3.24. The van der Waals surface area contributed by atoms with Gasteiger partial charge in [0.25, 0.3) is 5.91 Å². The Morgan fingerprint density at radius 3 is 2.66 bits per heavy atom. The lowest BCUT2D eigenvalue weighted by molar-refractivity contribution is 0.0936. The van der Waals surface area contributed by atoms with E-state index in [1.54, 1.807) is 12.1 Å². The third-order valence-corrected chi connectivity index (χ3v) is 5.08. The quantitative estimate of drug-likeness (QED) is 0.666. The van der Waals surface area contributed by atoms with Crippen molar-refractivity contribution in [3.8, 4) is 0 Å². The van der Waals surface area contributed by atoms with Gasteiger partial charge in [-0.25, -0.2) is 4.39 Å². The highest BCUT2D eigenvalue weighted by Crippen LogP contribution is 2.23. The van der Waals surface area contributed by atoms with Crippen molar-refractivity contribution in [3.63, 3.8) is 0 Å². The van der Waals surface area contributed by atoms with Crippen LogP contribution in [0.3, 0.4) is 0 Å². The van der Waals surface area contributed by atoms with E-state index in [2.05, 4.69) is 15.7 Å². The van der Waals surface area contributed by atoms with Crippen LogP contribution in [0.25, 0.3) is 0 Å². The molecular formula is C22H24ClFN4O. The summed E-state index contributed by atoms with van der Waals surface area (Å²) in [4.78, 5) is 12.9. The Hall–Kier alpha value is -2.70. The maximum atomic E-state index is 13.8. The molecule has 2 N–H and O–H groups in total. The van der Waals surface area contributed by atoms with Crippen molar-refractivity contribution in [2.24, 2.45) is 0 Å². The number of benzene rings is 2. The second kappa shape index (κ2) is 9.67. The zero-order valence-electron chi connectivity index (χ0n) is 15.9. The van der Waals surface area contributed by atoms with Gasteiger partial charge in [0.2, 0.25) is 0 Å². The van der Waals surface area contributed by atoms with Gasteiger partial charge >= 0.3 is 0 Å². The van der Waals surface area contributed by atoms with Crippen molar-refractivity contribution in [2.45, 2.75) is 24.9 Å². The number of carbonyl (C=O) groups excluding carboxylic acids is 1. The lowest BCUT2D eigenvalue weighted by Crippen LogP contribution is -2.32. The summed E-state index contributed by atoms with van der Waals surface area (Å²) in [7, 11) is 0. The van der Waals surface area contributed by atoms with E-state index in [0.717, 1.165) is 31.5 Å². The molecule has 3 aromatic rings. The monoisotopic (exact) mass is 414 g/mol. The van der Waals surface area contributed by atoms with Crippen molar-refractivity contribution in [3.05, 3.63) is 89.5 Å². The molecule has 2 unspecified atom stereocenters. The van der Waals surface area contributed by atoms with Gasteiger partial charge in [-0.05, 0) is 48.7 Å². The van der Waals surface area contributed by atoms with Crippen molar-refractivity contribution in [2.75, 3.05) is 13.1 Å². The molecule has 0 radical (unpaired) electrons. The van der Waals surface area contributed by atoms with E-state index in [1.165, 1.54) is 12.1 Å². The number of nitrogens with zero attached hydrogens (tertiary/aromatic N) is 2. The van der Waals surface area contributed by atoms with E-state index in [4.69, 9.17) is 0 Å². The van der Waals surface area contributed by atoms with E-state index in [9.17, 15) is 9.18 Å².